The van der Waals surface area contributed by atoms with E-state index in [-0.39, 0.29) is 0 Å². The first kappa shape index (κ1) is 11.0. The van der Waals surface area contributed by atoms with E-state index in [0.717, 1.165) is 26.2 Å². The minimum absolute atomic E-state index is 0.619. The largest absolute Gasteiger partial charge is 0.312 e. The average molecular weight is 225 g/mol. The van der Waals surface area contributed by atoms with Crippen molar-refractivity contribution in [2.75, 3.05) is 19.6 Å². The number of aromatic nitrogens is 1. The van der Waals surface area contributed by atoms with Crippen LogP contribution in [0.2, 0.25) is 0 Å². The van der Waals surface area contributed by atoms with E-state index < -0.39 is 0 Å². The number of piperazine rings is 1. The lowest BCUT2D eigenvalue weighted by molar-refractivity contribution is 0.201. The molecule has 2 heterocycles. The molecule has 0 spiro atoms. The molecule has 1 aliphatic rings. The maximum Gasteiger partial charge on any atom is 0.0900 e. The standard InChI is InChI=1S/C11H19N3S/c1-8-6-14(5-4-12-8)7-11-9(2)13-10(3)15-11/h8,12H,4-7H2,1-3H3. The minimum Gasteiger partial charge on any atom is -0.312 e. The molecule has 1 atom stereocenters. The second-order valence-electron chi connectivity index (χ2n) is 4.33. The predicted octanol–water partition coefficient (Wildman–Crippen LogP) is 1.55. The van der Waals surface area contributed by atoms with E-state index in [1.54, 1.807) is 0 Å². The van der Waals surface area contributed by atoms with Gasteiger partial charge in [-0.1, -0.05) is 0 Å². The van der Waals surface area contributed by atoms with Crippen LogP contribution in [-0.4, -0.2) is 35.6 Å². The van der Waals surface area contributed by atoms with E-state index in [2.05, 4.69) is 36.0 Å². The second kappa shape index (κ2) is 4.60. The minimum atomic E-state index is 0.619. The molecule has 84 valence electrons. The van der Waals surface area contributed by atoms with Crippen LogP contribution in [0.4, 0.5) is 0 Å². The molecule has 0 saturated carbocycles. The molecular weight excluding hydrogens is 206 g/mol. The van der Waals surface area contributed by atoms with E-state index in [1.165, 1.54) is 15.6 Å². The van der Waals surface area contributed by atoms with Crippen LogP contribution in [-0.2, 0) is 6.54 Å². The Labute approximate surface area is 95.5 Å². The summed E-state index contributed by atoms with van der Waals surface area (Å²) >= 11 is 1.84. The van der Waals surface area contributed by atoms with Crippen LogP contribution in [0.15, 0.2) is 0 Å². The predicted molar refractivity (Wildman–Crippen MR) is 64.3 cm³/mol. The highest BCUT2D eigenvalue weighted by molar-refractivity contribution is 7.11. The SMILES string of the molecule is Cc1nc(C)c(CN2CCNC(C)C2)s1. The zero-order valence-corrected chi connectivity index (χ0v) is 10.5. The summed E-state index contributed by atoms with van der Waals surface area (Å²) in [6.07, 6.45) is 0. The van der Waals surface area contributed by atoms with Crippen molar-refractivity contribution >= 4 is 11.3 Å². The Kier molecular flexibility index (Phi) is 3.38. The molecule has 1 N–H and O–H groups in total. The Morgan fingerprint density at radius 2 is 2.33 bits per heavy atom. The van der Waals surface area contributed by atoms with Crippen molar-refractivity contribution in [3.05, 3.63) is 15.6 Å². The van der Waals surface area contributed by atoms with Gasteiger partial charge in [0.05, 0.1) is 10.7 Å². The van der Waals surface area contributed by atoms with Crippen molar-refractivity contribution in [1.29, 1.82) is 0 Å². The molecule has 0 radical (unpaired) electrons. The third-order valence-electron chi connectivity index (χ3n) is 2.82. The molecule has 1 unspecified atom stereocenters. The van der Waals surface area contributed by atoms with Crippen molar-refractivity contribution in [3.8, 4) is 0 Å². The third-order valence-corrected chi connectivity index (χ3v) is 3.88. The van der Waals surface area contributed by atoms with E-state index in [1.807, 2.05) is 11.3 Å². The monoisotopic (exact) mass is 225 g/mol. The Morgan fingerprint density at radius 3 is 2.93 bits per heavy atom. The van der Waals surface area contributed by atoms with Gasteiger partial charge in [0, 0.05) is 37.1 Å². The molecule has 0 bridgehead atoms. The van der Waals surface area contributed by atoms with Gasteiger partial charge in [-0.15, -0.1) is 11.3 Å². The van der Waals surface area contributed by atoms with Gasteiger partial charge in [-0.05, 0) is 20.8 Å². The quantitative estimate of drug-likeness (QED) is 0.828. The summed E-state index contributed by atoms with van der Waals surface area (Å²) in [7, 11) is 0. The van der Waals surface area contributed by atoms with Crippen LogP contribution in [0.3, 0.4) is 0 Å². The fraction of sp³-hybridized carbons (Fsp3) is 0.727. The molecule has 3 nitrogen and oxygen atoms in total. The molecule has 0 aromatic carbocycles. The highest BCUT2D eigenvalue weighted by Gasteiger charge is 2.17. The summed E-state index contributed by atoms with van der Waals surface area (Å²) < 4.78 is 0. The molecule has 15 heavy (non-hydrogen) atoms. The molecule has 1 fully saturated rings. The maximum absolute atomic E-state index is 4.47. The fourth-order valence-corrected chi connectivity index (χ4v) is 3.06. The summed E-state index contributed by atoms with van der Waals surface area (Å²) in [4.78, 5) is 8.42. The molecule has 1 saturated heterocycles. The zero-order chi connectivity index (χ0) is 10.8. The Hall–Kier alpha value is -0.450. The van der Waals surface area contributed by atoms with Gasteiger partial charge in [0.25, 0.3) is 0 Å². The van der Waals surface area contributed by atoms with E-state index in [9.17, 15) is 0 Å². The fourth-order valence-electron chi connectivity index (χ4n) is 2.08. The van der Waals surface area contributed by atoms with Crippen molar-refractivity contribution < 1.29 is 0 Å². The Morgan fingerprint density at radius 1 is 1.53 bits per heavy atom. The van der Waals surface area contributed by atoms with Crippen LogP contribution < -0.4 is 5.32 Å². The summed E-state index contributed by atoms with van der Waals surface area (Å²) in [6.45, 7) is 10.9. The van der Waals surface area contributed by atoms with Crippen LogP contribution in [0.25, 0.3) is 0 Å². The van der Waals surface area contributed by atoms with E-state index in [0.29, 0.717) is 6.04 Å². The number of rotatable bonds is 2. The summed E-state index contributed by atoms with van der Waals surface area (Å²) in [5.74, 6) is 0. The molecular formula is C11H19N3S. The number of nitrogens with one attached hydrogen (secondary N) is 1. The molecule has 2 rings (SSSR count). The highest BCUT2D eigenvalue weighted by atomic mass is 32.1. The third kappa shape index (κ3) is 2.77. The van der Waals surface area contributed by atoms with Crippen LogP contribution in [0.1, 0.15) is 22.5 Å². The lowest BCUT2D eigenvalue weighted by atomic mass is 10.2. The topological polar surface area (TPSA) is 28.2 Å². The summed E-state index contributed by atoms with van der Waals surface area (Å²) in [6, 6.07) is 0.619. The van der Waals surface area contributed by atoms with Crippen molar-refractivity contribution in [1.82, 2.24) is 15.2 Å². The van der Waals surface area contributed by atoms with Crippen molar-refractivity contribution in [2.24, 2.45) is 0 Å². The first-order chi connectivity index (χ1) is 7.15. The lowest BCUT2D eigenvalue weighted by Gasteiger charge is -2.31. The molecule has 1 aromatic rings. The molecule has 0 amide bonds. The van der Waals surface area contributed by atoms with E-state index >= 15 is 0 Å². The maximum atomic E-state index is 4.47. The van der Waals surface area contributed by atoms with Gasteiger partial charge in [0.15, 0.2) is 0 Å². The zero-order valence-electron chi connectivity index (χ0n) is 9.71. The van der Waals surface area contributed by atoms with Crippen LogP contribution in [0.5, 0.6) is 0 Å². The van der Waals surface area contributed by atoms with Crippen molar-refractivity contribution in [2.45, 2.75) is 33.4 Å². The first-order valence-electron chi connectivity index (χ1n) is 5.54. The summed E-state index contributed by atoms with van der Waals surface area (Å²) in [5, 5.41) is 4.65. The summed E-state index contributed by atoms with van der Waals surface area (Å²) in [5.41, 5.74) is 1.21. The van der Waals surface area contributed by atoms with Gasteiger partial charge in [-0.3, -0.25) is 4.90 Å². The lowest BCUT2D eigenvalue weighted by Crippen LogP contribution is -2.48. The van der Waals surface area contributed by atoms with Gasteiger partial charge < -0.3 is 5.32 Å². The van der Waals surface area contributed by atoms with Gasteiger partial charge in [0.1, 0.15) is 0 Å². The van der Waals surface area contributed by atoms with Gasteiger partial charge in [-0.2, -0.15) is 0 Å². The Bertz CT molecular complexity index is 335. The van der Waals surface area contributed by atoms with Gasteiger partial charge >= 0.3 is 0 Å². The molecule has 1 aliphatic heterocycles. The van der Waals surface area contributed by atoms with Gasteiger partial charge in [0.2, 0.25) is 0 Å². The first-order valence-corrected chi connectivity index (χ1v) is 6.35. The van der Waals surface area contributed by atoms with Crippen LogP contribution in [0, 0.1) is 13.8 Å². The van der Waals surface area contributed by atoms with Crippen LogP contribution >= 0.6 is 11.3 Å². The normalized spacial score (nSPS) is 23.3. The Balaban J connectivity index is 1.99. The molecule has 4 heteroatoms. The van der Waals surface area contributed by atoms with Gasteiger partial charge in [-0.25, -0.2) is 4.98 Å². The smallest absolute Gasteiger partial charge is 0.0900 e. The molecule has 0 aliphatic carbocycles. The number of hydrogen-bond acceptors (Lipinski definition) is 4. The second-order valence-corrected chi connectivity index (χ2v) is 5.62. The number of thiazole rings is 1. The average Bonchev–Trinajstić information content (AvgIpc) is 2.45. The number of aryl methyl sites for hydroxylation is 2. The molecule has 1 aromatic heterocycles. The number of nitrogens with zero attached hydrogens (tertiary/aromatic N) is 2. The number of hydrogen-bond donors (Lipinski definition) is 1. The highest BCUT2D eigenvalue weighted by Crippen LogP contribution is 2.19. The van der Waals surface area contributed by atoms with Crippen molar-refractivity contribution in [3.63, 3.8) is 0 Å². The van der Waals surface area contributed by atoms with E-state index in [4.69, 9.17) is 0 Å².